The monoisotopic (exact) mass is 330 g/mol. The minimum absolute atomic E-state index is 0.908. The quantitative estimate of drug-likeness (QED) is 0.849. The van der Waals surface area contributed by atoms with E-state index in [-0.39, 0.29) is 0 Å². The van der Waals surface area contributed by atoms with Gasteiger partial charge in [0.15, 0.2) is 0 Å². The lowest BCUT2D eigenvalue weighted by molar-refractivity contribution is 0.546. The highest BCUT2D eigenvalue weighted by Crippen LogP contribution is 2.25. The maximum atomic E-state index is 4.88. The molecule has 132 valence electrons. The topological polar surface area (TPSA) is 48.4 Å². The van der Waals surface area contributed by atoms with Gasteiger partial charge in [-0.25, -0.2) is 0 Å². The third-order valence-electron chi connectivity index (χ3n) is 5.52. The lowest BCUT2D eigenvalue weighted by Gasteiger charge is -2.32. The Morgan fingerprint density at radius 2 is 0.625 bits per heavy atom. The molecule has 3 saturated heterocycles. The molecule has 0 atom stereocenters. The molecule has 24 heavy (non-hydrogen) atoms. The van der Waals surface area contributed by atoms with E-state index < -0.39 is 0 Å². The van der Waals surface area contributed by atoms with E-state index in [9.17, 15) is 0 Å². The number of aromatic nitrogens is 3. The van der Waals surface area contributed by atoms with Crippen LogP contribution in [0.2, 0.25) is 0 Å². The molecule has 0 unspecified atom stereocenters. The lowest BCUT2D eigenvalue weighted by atomic mass is 10.1. The second kappa shape index (κ2) is 7.53. The van der Waals surface area contributed by atoms with Gasteiger partial charge in [0.05, 0.1) is 0 Å². The summed E-state index contributed by atoms with van der Waals surface area (Å²) in [5.74, 6) is 2.72. The molecule has 0 aliphatic carbocycles. The molecule has 3 aliphatic rings. The maximum absolute atomic E-state index is 4.88. The van der Waals surface area contributed by atoms with Crippen molar-refractivity contribution >= 4 is 17.8 Å². The Hall–Kier alpha value is -1.59. The molecule has 1 aromatic rings. The van der Waals surface area contributed by atoms with Gasteiger partial charge in [-0.1, -0.05) is 0 Å². The fourth-order valence-corrected chi connectivity index (χ4v) is 4.05. The van der Waals surface area contributed by atoms with Crippen LogP contribution in [-0.2, 0) is 0 Å². The number of nitrogens with zero attached hydrogens (tertiary/aromatic N) is 6. The first kappa shape index (κ1) is 15.9. The first-order valence-corrected chi connectivity index (χ1v) is 9.91. The van der Waals surface area contributed by atoms with Gasteiger partial charge in [0, 0.05) is 39.3 Å². The van der Waals surface area contributed by atoms with Crippen LogP contribution in [0.25, 0.3) is 0 Å². The summed E-state index contributed by atoms with van der Waals surface area (Å²) in [6, 6.07) is 0. The molecule has 0 amide bonds. The first-order chi connectivity index (χ1) is 11.9. The SMILES string of the molecule is C1CCN(c2nc(N3CCCCC3)nc(N3CCCCC3)n2)CC1. The van der Waals surface area contributed by atoms with Crippen molar-refractivity contribution in [2.75, 3.05) is 54.0 Å². The Morgan fingerprint density at radius 3 is 0.875 bits per heavy atom. The molecular weight excluding hydrogens is 300 g/mol. The largest absolute Gasteiger partial charge is 0.341 e. The zero-order chi connectivity index (χ0) is 16.2. The van der Waals surface area contributed by atoms with Crippen molar-refractivity contribution in [3.05, 3.63) is 0 Å². The van der Waals surface area contributed by atoms with E-state index in [4.69, 9.17) is 15.0 Å². The number of rotatable bonds is 3. The minimum Gasteiger partial charge on any atom is -0.341 e. The summed E-state index contributed by atoms with van der Waals surface area (Å²) in [7, 11) is 0. The fraction of sp³-hybridized carbons (Fsp3) is 0.833. The van der Waals surface area contributed by atoms with Crippen LogP contribution in [0.1, 0.15) is 57.8 Å². The molecule has 0 aromatic carbocycles. The molecule has 0 spiro atoms. The summed E-state index contributed by atoms with van der Waals surface area (Å²) in [6.07, 6.45) is 11.5. The molecule has 4 rings (SSSR count). The van der Waals surface area contributed by atoms with Crippen LogP contribution in [0, 0.1) is 0 Å². The minimum atomic E-state index is 0.908. The van der Waals surface area contributed by atoms with E-state index in [1.165, 1.54) is 57.8 Å². The van der Waals surface area contributed by atoms with Crippen molar-refractivity contribution < 1.29 is 0 Å². The molecule has 3 fully saturated rings. The van der Waals surface area contributed by atoms with Crippen molar-refractivity contribution in [1.82, 2.24) is 15.0 Å². The van der Waals surface area contributed by atoms with Crippen LogP contribution in [0.15, 0.2) is 0 Å². The van der Waals surface area contributed by atoms with Crippen molar-refractivity contribution in [3.63, 3.8) is 0 Å². The summed E-state index contributed by atoms with van der Waals surface area (Å²) in [4.78, 5) is 21.7. The molecule has 0 bridgehead atoms. The van der Waals surface area contributed by atoms with Crippen LogP contribution in [-0.4, -0.2) is 54.2 Å². The average Bonchev–Trinajstić information content (AvgIpc) is 2.70. The first-order valence-electron chi connectivity index (χ1n) is 9.91. The Balaban J connectivity index is 1.63. The van der Waals surface area contributed by atoms with Gasteiger partial charge in [-0.05, 0) is 57.8 Å². The Bertz CT molecular complexity index is 442. The molecule has 3 aliphatic heterocycles. The van der Waals surface area contributed by atoms with E-state index >= 15 is 0 Å². The zero-order valence-electron chi connectivity index (χ0n) is 14.8. The predicted molar refractivity (Wildman–Crippen MR) is 98.0 cm³/mol. The number of hydrogen-bond donors (Lipinski definition) is 0. The van der Waals surface area contributed by atoms with Gasteiger partial charge < -0.3 is 14.7 Å². The fourth-order valence-electron chi connectivity index (χ4n) is 4.05. The Labute approximate surface area is 145 Å². The predicted octanol–water partition coefficient (Wildman–Crippen LogP) is 2.84. The van der Waals surface area contributed by atoms with Gasteiger partial charge in [-0.3, -0.25) is 0 Å². The van der Waals surface area contributed by atoms with Crippen molar-refractivity contribution in [2.45, 2.75) is 57.8 Å². The average molecular weight is 330 g/mol. The standard InChI is InChI=1S/C18H30N6/c1-4-10-22(11-5-1)16-19-17(23-12-6-2-7-13-23)21-18(20-16)24-14-8-3-9-15-24/h1-15H2. The second-order valence-electron chi connectivity index (χ2n) is 7.38. The molecule has 0 radical (unpaired) electrons. The number of anilines is 3. The molecule has 6 nitrogen and oxygen atoms in total. The van der Waals surface area contributed by atoms with Gasteiger partial charge >= 0.3 is 0 Å². The maximum Gasteiger partial charge on any atom is 0.231 e. The van der Waals surface area contributed by atoms with Gasteiger partial charge in [-0.15, -0.1) is 0 Å². The normalized spacial score (nSPS) is 22.8. The highest BCUT2D eigenvalue weighted by molar-refractivity contribution is 5.47. The van der Waals surface area contributed by atoms with Crippen molar-refractivity contribution in [2.24, 2.45) is 0 Å². The molecular formula is C18H30N6. The van der Waals surface area contributed by atoms with Gasteiger partial charge in [-0.2, -0.15) is 15.0 Å². The molecule has 6 heteroatoms. The summed E-state index contributed by atoms with van der Waals surface area (Å²) in [6.45, 7) is 6.52. The smallest absolute Gasteiger partial charge is 0.231 e. The molecule has 4 heterocycles. The van der Waals surface area contributed by atoms with E-state index in [0.717, 1.165) is 57.1 Å². The van der Waals surface area contributed by atoms with Gasteiger partial charge in [0.25, 0.3) is 0 Å². The van der Waals surface area contributed by atoms with E-state index in [0.29, 0.717) is 0 Å². The van der Waals surface area contributed by atoms with Crippen LogP contribution in [0.5, 0.6) is 0 Å². The van der Waals surface area contributed by atoms with E-state index in [2.05, 4.69) is 14.7 Å². The Kier molecular flexibility index (Phi) is 4.99. The molecule has 0 N–H and O–H groups in total. The van der Waals surface area contributed by atoms with Gasteiger partial charge in [0.2, 0.25) is 17.8 Å². The van der Waals surface area contributed by atoms with E-state index in [1.807, 2.05) is 0 Å². The van der Waals surface area contributed by atoms with E-state index in [1.54, 1.807) is 0 Å². The summed E-state index contributed by atoms with van der Waals surface area (Å²) in [5.41, 5.74) is 0. The number of hydrogen-bond acceptors (Lipinski definition) is 6. The molecule has 1 aromatic heterocycles. The van der Waals surface area contributed by atoms with Crippen LogP contribution in [0.3, 0.4) is 0 Å². The van der Waals surface area contributed by atoms with Crippen molar-refractivity contribution in [1.29, 1.82) is 0 Å². The summed E-state index contributed by atoms with van der Waals surface area (Å²) in [5, 5.41) is 0. The van der Waals surface area contributed by atoms with Crippen molar-refractivity contribution in [3.8, 4) is 0 Å². The lowest BCUT2D eigenvalue weighted by Crippen LogP contribution is -2.37. The summed E-state index contributed by atoms with van der Waals surface area (Å²) >= 11 is 0. The number of piperidine rings is 3. The highest BCUT2D eigenvalue weighted by atomic mass is 15.4. The van der Waals surface area contributed by atoms with Crippen LogP contribution >= 0.6 is 0 Å². The third kappa shape index (κ3) is 3.57. The second-order valence-corrected chi connectivity index (χ2v) is 7.38. The van der Waals surface area contributed by atoms with Crippen LogP contribution in [0.4, 0.5) is 17.8 Å². The third-order valence-corrected chi connectivity index (χ3v) is 5.52. The highest BCUT2D eigenvalue weighted by Gasteiger charge is 2.23. The molecule has 0 saturated carbocycles. The van der Waals surface area contributed by atoms with Crippen LogP contribution < -0.4 is 14.7 Å². The van der Waals surface area contributed by atoms with Gasteiger partial charge in [0.1, 0.15) is 0 Å². The summed E-state index contributed by atoms with van der Waals surface area (Å²) < 4.78 is 0. The Morgan fingerprint density at radius 1 is 0.375 bits per heavy atom. The zero-order valence-corrected chi connectivity index (χ0v) is 14.8.